The number of nitrogens with one attached hydrogen (secondary N) is 2. The number of hydrogen-bond acceptors (Lipinski definition) is 5. The molecule has 0 aliphatic rings. The third kappa shape index (κ3) is 10.1. The fourth-order valence-corrected chi connectivity index (χ4v) is 5.45. The Hall–Kier alpha value is -4.31. The van der Waals surface area contributed by atoms with Gasteiger partial charge in [0, 0.05) is 23.5 Å². The number of rotatable bonds is 14. The van der Waals surface area contributed by atoms with E-state index in [-0.39, 0.29) is 37.0 Å². The number of nitrogens with zero attached hydrogens (tertiary/aromatic N) is 1. The average Bonchev–Trinajstić information content (AvgIpc) is 3.37. The van der Waals surface area contributed by atoms with Crippen LogP contribution >= 0.6 is 0 Å². The molecule has 0 saturated heterocycles. The SMILES string of the molecule is CC(C)c1c(C(=O)Nc2ccccc2)c(-c2ccccc2)c(-c2ccc(F)cc2)n1CC[C@@H](O)C[C@@H](O)CC(=O)O.CCNCC. The van der Waals surface area contributed by atoms with E-state index in [1.165, 1.54) is 12.1 Å². The number of benzene rings is 3. The zero-order valence-electron chi connectivity index (χ0n) is 27.0. The smallest absolute Gasteiger partial charge is 0.305 e. The standard InChI is InChI=1S/C33H35FN2O5.C4H11N/c1-21(2)31-30(33(41)35-25-11-7-4-8-12-25)29(22-9-5-3-6-10-22)32(23-13-15-24(34)16-14-23)36(31)18-17-26(37)19-27(38)20-28(39)40;1-3-5-4-2/h3-16,21,26-27,37-38H,17-20H2,1-2H3,(H,35,41)(H,39,40);5H,3-4H2,1-2H3/t26-,27-;/m1./s1. The molecule has 1 aromatic heterocycles. The number of carbonyl (C=O) groups excluding carboxylic acids is 1. The van der Waals surface area contributed by atoms with Crippen LogP contribution in [-0.4, -0.2) is 57.1 Å². The topological polar surface area (TPSA) is 124 Å². The summed E-state index contributed by atoms with van der Waals surface area (Å²) in [6.45, 7) is 10.6. The van der Waals surface area contributed by atoms with Crippen molar-refractivity contribution in [3.8, 4) is 22.4 Å². The monoisotopic (exact) mass is 631 g/mol. The number of aliphatic carboxylic acids is 1. The van der Waals surface area contributed by atoms with E-state index >= 15 is 0 Å². The predicted molar refractivity (Wildman–Crippen MR) is 181 cm³/mol. The van der Waals surface area contributed by atoms with Gasteiger partial charge in [-0.3, -0.25) is 9.59 Å². The van der Waals surface area contributed by atoms with Crippen molar-refractivity contribution in [1.29, 1.82) is 0 Å². The van der Waals surface area contributed by atoms with Crippen molar-refractivity contribution in [1.82, 2.24) is 9.88 Å². The highest BCUT2D eigenvalue weighted by Gasteiger charge is 2.31. The molecule has 46 heavy (non-hydrogen) atoms. The maximum Gasteiger partial charge on any atom is 0.305 e. The first-order valence-electron chi connectivity index (χ1n) is 15.8. The quantitative estimate of drug-likeness (QED) is 0.103. The van der Waals surface area contributed by atoms with Gasteiger partial charge in [0.25, 0.3) is 5.91 Å². The van der Waals surface area contributed by atoms with Gasteiger partial charge in [0.1, 0.15) is 5.82 Å². The van der Waals surface area contributed by atoms with Crippen LogP contribution in [0.15, 0.2) is 84.9 Å². The number of halogens is 1. The molecule has 0 unspecified atom stereocenters. The molecule has 0 saturated carbocycles. The zero-order valence-corrected chi connectivity index (χ0v) is 27.0. The predicted octanol–water partition coefficient (Wildman–Crippen LogP) is 6.93. The Morgan fingerprint density at radius 3 is 1.93 bits per heavy atom. The van der Waals surface area contributed by atoms with Crippen LogP contribution < -0.4 is 10.6 Å². The summed E-state index contributed by atoms with van der Waals surface area (Å²) < 4.78 is 16.0. The normalized spacial score (nSPS) is 12.3. The Morgan fingerprint density at radius 1 is 0.826 bits per heavy atom. The van der Waals surface area contributed by atoms with Crippen LogP contribution in [0.4, 0.5) is 10.1 Å². The molecule has 0 radical (unpaired) electrons. The van der Waals surface area contributed by atoms with E-state index in [4.69, 9.17) is 5.11 Å². The lowest BCUT2D eigenvalue weighted by molar-refractivity contribution is -0.139. The highest BCUT2D eigenvalue weighted by Crippen LogP contribution is 2.42. The van der Waals surface area contributed by atoms with Crippen LogP contribution in [0.25, 0.3) is 22.4 Å². The molecule has 0 spiro atoms. The first kappa shape index (κ1) is 36.2. The minimum Gasteiger partial charge on any atom is -0.481 e. The number of carbonyl (C=O) groups is 2. The van der Waals surface area contributed by atoms with E-state index in [1.54, 1.807) is 12.1 Å². The summed E-state index contributed by atoms with van der Waals surface area (Å²) in [6.07, 6.45) is -2.51. The Labute approximate surface area is 270 Å². The van der Waals surface area contributed by atoms with Crippen molar-refractivity contribution in [3.63, 3.8) is 0 Å². The van der Waals surface area contributed by atoms with Crippen LogP contribution in [0.5, 0.6) is 0 Å². The summed E-state index contributed by atoms with van der Waals surface area (Å²) >= 11 is 0. The third-order valence-corrected chi connectivity index (χ3v) is 7.43. The fraction of sp³-hybridized carbons (Fsp3) is 0.351. The van der Waals surface area contributed by atoms with Crippen molar-refractivity contribution in [3.05, 3.63) is 102 Å². The second kappa shape index (κ2) is 18.0. The van der Waals surface area contributed by atoms with Crippen LogP contribution in [0.2, 0.25) is 0 Å². The fourth-order valence-electron chi connectivity index (χ4n) is 5.45. The lowest BCUT2D eigenvalue weighted by Gasteiger charge is -2.20. The molecule has 2 atom stereocenters. The van der Waals surface area contributed by atoms with Gasteiger partial charge in [-0.1, -0.05) is 76.2 Å². The average molecular weight is 632 g/mol. The summed E-state index contributed by atoms with van der Waals surface area (Å²) in [5, 5.41) is 35.9. The van der Waals surface area contributed by atoms with Gasteiger partial charge in [0.2, 0.25) is 0 Å². The minimum absolute atomic E-state index is 0.0939. The zero-order chi connectivity index (χ0) is 33.6. The first-order valence-corrected chi connectivity index (χ1v) is 15.8. The number of aliphatic hydroxyl groups excluding tert-OH is 2. The van der Waals surface area contributed by atoms with Gasteiger partial charge in [0.05, 0.1) is 29.9 Å². The number of aromatic nitrogens is 1. The van der Waals surface area contributed by atoms with Gasteiger partial charge in [-0.25, -0.2) is 4.39 Å². The Balaban J connectivity index is 0.00000107. The molecule has 0 bridgehead atoms. The number of aliphatic hydroxyl groups is 2. The number of anilines is 1. The molecule has 0 fully saturated rings. The van der Waals surface area contributed by atoms with E-state index in [2.05, 4.69) is 24.5 Å². The molecule has 3 aromatic carbocycles. The lowest BCUT2D eigenvalue weighted by Crippen LogP contribution is -2.22. The molecule has 0 aliphatic carbocycles. The molecule has 4 aromatic rings. The number of hydrogen-bond donors (Lipinski definition) is 5. The maximum absolute atomic E-state index is 14.0. The molecule has 5 N–H and O–H groups in total. The van der Waals surface area contributed by atoms with Gasteiger partial charge in [-0.15, -0.1) is 0 Å². The molecule has 9 heteroatoms. The molecular weight excluding hydrogens is 585 g/mol. The molecule has 246 valence electrons. The summed E-state index contributed by atoms with van der Waals surface area (Å²) in [5.41, 5.74) is 4.77. The van der Waals surface area contributed by atoms with Crippen molar-refractivity contribution in [2.75, 3.05) is 18.4 Å². The highest BCUT2D eigenvalue weighted by molar-refractivity contribution is 6.12. The molecule has 4 rings (SSSR count). The number of amides is 1. The van der Waals surface area contributed by atoms with E-state index in [1.807, 2.05) is 79.1 Å². The van der Waals surface area contributed by atoms with E-state index < -0.39 is 24.6 Å². The van der Waals surface area contributed by atoms with Gasteiger partial charge >= 0.3 is 5.97 Å². The third-order valence-electron chi connectivity index (χ3n) is 7.43. The summed E-state index contributed by atoms with van der Waals surface area (Å²) in [4.78, 5) is 25.0. The first-order chi connectivity index (χ1) is 22.1. The Bertz CT molecular complexity index is 1520. The van der Waals surface area contributed by atoms with Crippen molar-refractivity contribution in [2.45, 2.75) is 71.6 Å². The summed E-state index contributed by atoms with van der Waals surface area (Å²) in [7, 11) is 0. The van der Waals surface area contributed by atoms with Crippen LogP contribution in [0.1, 0.15) is 68.9 Å². The molecule has 1 heterocycles. The van der Waals surface area contributed by atoms with Gasteiger partial charge in [0.15, 0.2) is 0 Å². The van der Waals surface area contributed by atoms with Gasteiger partial charge < -0.3 is 30.5 Å². The number of carboxylic acid groups (broad SMARTS) is 1. The highest BCUT2D eigenvalue weighted by atomic mass is 19.1. The van der Waals surface area contributed by atoms with Gasteiger partial charge in [-0.05, 0) is 79.4 Å². The van der Waals surface area contributed by atoms with Crippen LogP contribution in [0, 0.1) is 5.82 Å². The lowest BCUT2D eigenvalue weighted by atomic mass is 9.94. The second-order valence-electron chi connectivity index (χ2n) is 11.4. The Kier molecular flexibility index (Phi) is 14.1. The summed E-state index contributed by atoms with van der Waals surface area (Å²) in [6, 6.07) is 24.8. The second-order valence-corrected chi connectivity index (χ2v) is 11.4. The molecule has 8 nitrogen and oxygen atoms in total. The van der Waals surface area contributed by atoms with E-state index in [9.17, 15) is 24.2 Å². The molecule has 0 aliphatic heterocycles. The number of para-hydroxylation sites is 1. The molecular formula is C37H46FN3O5. The largest absolute Gasteiger partial charge is 0.481 e. The van der Waals surface area contributed by atoms with Crippen LogP contribution in [-0.2, 0) is 11.3 Å². The van der Waals surface area contributed by atoms with Crippen molar-refractivity contribution < 1.29 is 29.3 Å². The summed E-state index contributed by atoms with van der Waals surface area (Å²) in [5.74, 6) is -1.93. The maximum atomic E-state index is 14.0. The molecule has 1 amide bonds. The number of carboxylic acids is 1. The van der Waals surface area contributed by atoms with E-state index in [0.29, 0.717) is 28.1 Å². The van der Waals surface area contributed by atoms with Gasteiger partial charge in [-0.2, -0.15) is 0 Å². The van der Waals surface area contributed by atoms with Crippen molar-refractivity contribution >= 4 is 17.6 Å². The van der Waals surface area contributed by atoms with E-state index in [0.717, 1.165) is 24.3 Å². The van der Waals surface area contributed by atoms with Crippen LogP contribution in [0.3, 0.4) is 0 Å². The van der Waals surface area contributed by atoms with Crippen molar-refractivity contribution in [2.24, 2.45) is 0 Å². The Morgan fingerprint density at radius 2 is 1.41 bits per heavy atom. The minimum atomic E-state index is -1.18.